The number of nitrogens with one attached hydrogen (secondary N) is 1. The molecule has 1 aliphatic carbocycles. The fourth-order valence-corrected chi connectivity index (χ4v) is 6.93. The van der Waals surface area contributed by atoms with E-state index in [9.17, 15) is 18.0 Å². The van der Waals surface area contributed by atoms with Crippen LogP contribution in [0.3, 0.4) is 0 Å². The van der Waals surface area contributed by atoms with Gasteiger partial charge in [0.25, 0.3) is 5.92 Å². The number of nitrogens with zero attached hydrogens (tertiary/aromatic N) is 4. The van der Waals surface area contributed by atoms with Crippen LogP contribution in [0, 0.1) is 18.7 Å². The number of aromatic nitrogens is 3. The topological polar surface area (TPSA) is 71.0 Å². The van der Waals surface area contributed by atoms with Gasteiger partial charge in [0, 0.05) is 43.4 Å². The first-order chi connectivity index (χ1) is 17.2. The van der Waals surface area contributed by atoms with Crippen LogP contribution in [0.1, 0.15) is 43.1 Å². The number of pyridine rings is 1. The normalized spacial score (nSPS) is 17.3. The number of benzene rings is 1. The molecule has 6 nitrogen and oxygen atoms in total. The molecule has 0 bridgehead atoms. The summed E-state index contributed by atoms with van der Waals surface area (Å²) in [6, 6.07) is 6.01. The summed E-state index contributed by atoms with van der Waals surface area (Å²) >= 11 is 0. The van der Waals surface area contributed by atoms with E-state index < -0.39 is 25.2 Å². The Labute approximate surface area is 209 Å². The maximum absolute atomic E-state index is 14.7. The van der Waals surface area contributed by atoms with Gasteiger partial charge in [-0.25, -0.2) is 23.1 Å². The first-order valence-electron chi connectivity index (χ1n) is 12.3. The lowest BCUT2D eigenvalue weighted by Gasteiger charge is -2.36. The molecule has 0 atom stereocenters. The van der Waals surface area contributed by atoms with Crippen molar-refractivity contribution in [2.24, 2.45) is 5.92 Å². The number of anilines is 1. The number of rotatable bonds is 6. The van der Waals surface area contributed by atoms with Crippen LogP contribution in [-0.4, -0.2) is 51.2 Å². The number of hydrogen-bond acceptors (Lipinski definition) is 5. The molecular weight excluding hydrogens is 486 g/mol. The number of amides is 1. The number of alkyl halides is 2. The van der Waals surface area contributed by atoms with Crippen LogP contribution >= 0.6 is 7.92 Å². The van der Waals surface area contributed by atoms with Crippen LogP contribution in [0.25, 0.3) is 10.9 Å². The zero-order valence-electron chi connectivity index (χ0n) is 20.4. The molecule has 1 saturated heterocycles. The second-order valence-electron chi connectivity index (χ2n) is 9.64. The van der Waals surface area contributed by atoms with Crippen LogP contribution in [-0.2, 0) is 17.3 Å². The molecule has 3 aromatic rings. The SMILES string of the molecule is Cc1nc(NCc2cccc(C(C)(F)F)c2F)c2cc(P3CCN(C(=O)C4CCC4)CC3)ncc2n1. The molecule has 190 valence electrons. The largest absolute Gasteiger partial charge is 0.365 e. The number of fused-ring (bicyclic) bond motifs is 1. The molecule has 2 fully saturated rings. The quantitative estimate of drug-likeness (QED) is 0.471. The molecule has 1 saturated carbocycles. The predicted octanol–water partition coefficient (Wildman–Crippen LogP) is 4.95. The Morgan fingerprint density at radius 3 is 2.64 bits per heavy atom. The van der Waals surface area contributed by atoms with Gasteiger partial charge in [0.1, 0.15) is 17.5 Å². The van der Waals surface area contributed by atoms with Gasteiger partial charge in [-0.05, 0) is 38.2 Å². The number of halogens is 3. The monoisotopic (exact) mass is 515 g/mol. The van der Waals surface area contributed by atoms with Crippen molar-refractivity contribution in [1.82, 2.24) is 19.9 Å². The van der Waals surface area contributed by atoms with Gasteiger partial charge in [-0.3, -0.25) is 9.78 Å². The minimum atomic E-state index is -3.26. The average molecular weight is 516 g/mol. The summed E-state index contributed by atoms with van der Waals surface area (Å²) in [5.74, 6) is -2.61. The van der Waals surface area contributed by atoms with Crippen LogP contribution < -0.4 is 10.8 Å². The van der Waals surface area contributed by atoms with Crippen molar-refractivity contribution in [2.75, 3.05) is 30.7 Å². The molecule has 2 aromatic heterocycles. The maximum atomic E-state index is 14.7. The van der Waals surface area contributed by atoms with Crippen molar-refractivity contribution in [3.63, 3.8) is 0 Å². The molecule has 2 aliphatic rings. The number of aryl methyl sites for hydroxylation is 1. The molecule has 1 N–H and O–H groups in total. The lowest BCUT2D eigenvalue weighted by Crippen LogP contribution is -2.44. The van der Waals surface area contributed by atoms with E-state index in [1.165, 1.54) is 12.1 Å². The Hall–Kier alpha value is -2.80. The van der Waals surface area contributed by atoms with Crippen molar-refractivity contribution in [3.8, 4) is 0 Å². The van der Waals surface area contributed by atoms with Gasteiger partial charge in [0.05, 0.1) is 22.7 Å². The number of carbonyl (C=O) groups is 1. The van der Waals surface area contributed by atoms with E-state index in [0.717, 1.165) is 61.6 Å². The third-order valence-corrected chi connectivity index (χ3v) is 9.42. The number of hydrogen-bond donors (Lipinski definition) is 1. The van der Waals surface area contributed by atoms with E-state index in [1.807, 2.05) is 11.0 Å². The van der Waals surface area contributed by atoms with Crippen molar-refractivity contribution in [1.29, 1.82) is 0 Å². The van der Waals surface area contributed by atoms with Gasteiger partial charge in [0.15, 0.2) is 0 Å². The summed E-state index contributed by atoms with van der Waals surface area (Å²) in [5.41, 5.74) is 1.15. The summed E-state index contributed by atoms with van der Waals surface area (Å²) in [6.45, 7) is 3.97. The highest BCUT2D eigenvalue weighted by Crippen LogP contribution is 2.39. The highest BCUT2D eigenvalue weighted by Gasteiger charge is 2.32. The van der Waals surface area contributed by atoms with Crippen LogP contribution in [0.2, 0.25) is 0 Å². The maximum Gasteiger partial charge on any atom is 0.273 e. The lowest BCUT2D eigenvalue weighted by atomic mass is 9.84. The molecule has 1 amide bonds. The third-order valence-electron chi connectivity index (χ3n) is 7.05. The Balaban J connectivity index is 1.35. The van der Waals surface area contributed by atoms with Crippen molar-refractivity contribution < 1.29 is 18.0 Å². The summed E-state index contributed by atoms with van der Waals surface area (Å²) in [7, 11) is -0.524. The smallest absolute Gasteiger partial charge is 0.273 e. The fraction of sp³-hybridized carbons (Fsp3) is 0.462. The van der Waals surface area contributed by atoms with Crippen molar-refractivity contribution in [2.45, 2.75) is 45.6 Å². The minimum absolute atomic E-state index is 0.00592. The van der Waals surface area contributed by atoms with Gasteiger partial charge in [-0.2, -0.15) is 0 Å². The first-order valence-corrected chi connectivity index (χ1v) is 14.0. The first kappa shape index (κ1) is 24.9. The molecule has 0 unspecified atom stereocenters. The molecule has 5 rings (SSSR count). The average Bonchev–Trinajstić information content (AvgIpc) is 2.81. The van der Waals surface area contributed by atoms with Crippen LogP contribution in [0.4, 0.5) is 19.0 Å². The molecule has 10 heteroatoms. The Morgan fingerprint density at radius 1 is 1.22 bits per heavy atom. The van der Waals surface area contributed by atoms with Gasteiger partial charge in [-0.1, -0.05) is 32.5 Å². The Kier molecular flexibility index (Phi) is 6.86. The highest BCUT2D eigenvalue weighted by atomic mass is 31.1. The zero-order chi connectivity index (χ0) is 25.4. The predicted molar refractivity (Wildman–Crippen MR) is 136 cm³/mol. The summed E-state index contributed by atoms with van der Waals surface area (Å²) in [4.78, 5) is 28.3. The van der Waals surface area contributed by atoms with Crippen LogP contribution in [0.15, 0.2) is 30.5 Å². The van der Waals surface area contributed by atoms with E-state index in [4.69, 9.17) is 0 Å². The summed E-state index contributed by atoms with van der Waals surface area (Å²) in [6.07, 6.45) is 6.73. The summed E-state index contributed by atoms with van der Waals surface area (Å²) in [5, 5.41) is 3.89. The lowest BCUT2D eigenvalue weighted by molar-refractivity contribution is -0.137. The molecular formula is C26H29F3N5OP. The van der Waals surface area contributed by atoms with E-state index in [2.05, 4.69) is 20.3 Å². The van der Waals surface area contributed by atoms with E-state index in [0.29, 0.717) is 30.0 Å². The third kappa shape index (κ3) is 5.03. The number of carbonyl (C=O) groups excluding carboxylic acids is 1. The van der Waals surface area contributed by atoms with Gasteiger partial charge in [0.2, 0.25) is 5.91 Å². The van der Waals surface area contributed by atoms with E-state index in [-0.39, 0.29) is 18.0 Å². The summed E-state index contributed by atoms with van der Waals surface area (Å²) < 4.78 is 42.3. The second-order valence-corrected chi connectivity index (χ2v) is 12.1. The minimum Gasteiger partial charge on any atom is -0.365 e. The van der Waals surface area contributed by atoms with E-state index in [1.54, 1.807) is 13.1 Å². The van der Waals surface area contributed by atoms with Gasteiger partial charge >= 0.3 is 0 Å². The molecule has 1 aliphatic heterocycles. The van der Waals surface area contributed by atoms with Crippen LogP contribution in [0.5, 0.6) is 0 Å². The second kappa shape index (κ2) is 9.92. The Bertz CT molecular complexity index is 1290. The Morgan fingerprint density at radius 2 is 1.97 bits per heavy atom. The molecule has 0 radical (unpaired) electrons. The van der Waals surface area contributed by atoms with Crippen molar-refractivity contribution >= 4 is 36.0 Å². The van der Waals surface area contributed by atoms with Crippen molar-refractivity contribution in [3.05, 3.63) is 53.2 Å². The molecule has 0 spiro atoms. The fourth-order valence-electron chi connectivity index (χ4n) is 4.75. The van der Waals surface area contributed by atoms with Gasteiger partial charge < -0.3 is 10.2 Å². The molecule has 3 heterocycles. The zero-order valence-corrected chi connectivity index (χ0v) is 21.3. The molecule has 1 aromatic carbocycles. The van der Waals surface area contributed by atoms with E-state index >= 15 is 0 Å². The molecule has 36 heavy (non-hydrogen) atoms. The standard InChI is InChI=1S/C26H29F3N5OP/c1-16-32-21-15-30-22(36-11-9-34(10-12-36)25(35)17-5-3-6-17)13-19(21)24(33-16)31-14-18-7-4-8-20(23(18)27)26(2,28)29/h4,7-8,13,15,17H,3,5-6,9-12,14H2,1-2H3,(H,31,32,33). The highest BCUT2D eigenvalue weighted by molar-refractivity contribution is 7.65. The van der Waals surface area contributed by atoms with Gasteiger partial charge in [-0.15, -0.1) is 0 Å².